The quantitative estimate of drug-likeness (QED) is 0.768. The number of aliphatic hydroxyl groups is 1. The molecule has 1 saturated heterocycles. The largest absolute Gasteiger partial charge is 0.396 e. The highest BCUT2D eigenvalue weighted by molar-refractivity contribution is 5.85. The summed E-state index contributed by atoms with van der Waals surface area (Å²) in [5.41, 5.74) is 3.70. The first-order valence-electron chi connectivity index (χ1n) is 7.91. The highest BCUT2D eigenvalue weighted by Crippen LogP contribution is 2.30. The molecule has 6 heteroatoms. The van der Waals surface area contributed by atoms with E-state index in [1.165, 1.54) is 0 Å². The van der Waals surface area contributed by atoms with Crippen molar-refractivity contribution in [2.24, 2.45) is 5.41 Å². The Balaban J connectivity index is 1.87. The number of anilines is 1. The Morgan fingerprint density at radius 1 is 1.42 bits per heavy atom. The van der Waals surface area contributed by atoms with Gasteiger partial charge in [0, 0.05) is 6.54 Å². The standard InChI is InChI=1S/C18H18N4O2/c1-12-6-16(20-8-18(9-23)10-24-11-18)22-15-5-3-2-4-14(15)21-17(22)13(12)7-19/h2-6,20,23H,8-11H2,1H3. The minimum atomic E-state index is -0.232. The van der Waals surface area contributed by atoms with E-state index in [2.05, 4.69) is 16.4 Å². The topological polar surface area (TPSA) is 82.6 Å². The Kier molecular flexibility index (Phi) is 3.41. The van der Waals surface area contributed by atoms with Gasteiger partial charge >= 0.3 is 0 Å². The molecule has 2 N–H and O–H groups in total. The van der Waals surface area contributed by atoms with Gasteiger partial charge in [0.2, 0.25) is 0 Å². The maximum absolute atomic E-state index is 9.61. The molecule has 0 spiro atoms. The van der Waals surface area contributed by atoms with Crippen LogP contribution in [0.1, 0.15) is 11.1 Å². The number of para-hydroxylation sites is 2. The van der Waals surface area contributed by atoms with Crippen molar-refractivity contribution in [1.82, 2.24) is 9.38 Å². The second kappa shape index (κ2) is 5.48. The molecule has 0 aliphatic carbocycles. The molecule has 3 aromatic rings. The van der Waals surface area contributed by atoms with Crippen molar-refractivity contribution >= 4 is 22.5 Å². The van der Waals surface area contributed by atoms with Gasteiger partial charge in [0.05, 0.1) is 41.8 Å². The summed E-state index contributed by atoms with van der Waals surface area (Å²) in [6, 6.07) is 12.1. The number of nitrogens with one attached hydrogen (secondary N) is 1. The number of nitrogens with zero attached hydrogens (tertiary/aromatic N) is 3. The fourth-order valence-electron chi connectivity index (χ4n) is 3.14. The Morgan fingerprint density at radius 3 is 2.88 bits per heavy atom. The summed E-state index contributed by atoms with van der Waals surface area (Å²) in [6.07, 6.45) is 0. The average Bonchev–Trinajstić information content (AvgIpc) is 2.93. The summed E-state index contributed by atoms with van der Waals surface area (Å²) in [5.74, 6) is 0.870. The van der Waals surface area contributed by atoms with Crippen LogP contribution in [-0.2, 0) is 4.74 Å². The summed E-state index contributed by atoms with van der Waals surface area (Å²) in [5, 5.41) is 22.5. The second-order valence-electron chi connectivity index (χ2n) is 6.46. The molecule has 0 atom stereocenters. The fraction of sp³-hybridized carbons (Fsp3) is 0.333. The molecule has 0 radical (unpaired) electrons. The number of hydrogen-bond donors (Lipinski definition) is 2. The number of aryl methyl sites for hydroxylation is 1. The molecule has 1 aromatic carbocycles. The lowest BCUT2D eigenvalue weighted by atomic mass is 9.87. The fourth-order valence-corrected chi connectivity index (χ4v) is 3.14. The van der Waals surface area contributed by atoms with Crippen LogP contribution in [0.5, 0.6) is 0 Å². The zero-order chi connectivity index (χ0) is 16.7. The van der Waals surface area contributed by atoms with E-state index >= 15 is 0 Å². The Bertz CT molecular complexity index is 961. The van der Waals surface area contributed by atoms with Crippen LogP contribution in [0, 0.1) is 23.7 Å². The highest BCUT2D eigenvalue weighted by atomic mass is 16.5. The number of imidazole rings is 1. The first-order chi connectivity index (χ1) is 11.7. The van der Waals surface area contributed by atoms with E-state index in [0.29, 0.717) is 31.0 Å². The minimum Gasteiger partial charge on any atom is -0.396 e. The van der Waals surface area contributed by atoms with Crippen molar-refractivity contribution in [2.75, 3.05) is 31.7 Å². The number of nitriles is 1. The van der Waals surface area contributed by atoms with Gasteiger partial charge in [-0.3, -0.25) is 4.40 Å². The van der Waals surface area contributed by atoms with Crippen molar-refractivity contribution in [3.05, 3.63) is 41.5 Å². The molecule has 0 unspecified atom stereocenters. The lowest BCUT2D eigenvalue weighted by molar-refractivity contribution is -0.128. The van der Waals surface area contributed by atoms with Crippen molar-refractivity contribution < 1.29 is 9.84 Å². The van der Waals surface area contributed by atoms with Crippen LogP contribution < -0.4 is 5.32 Å². The Morgan fingerprint density at radius 2 is 2.21 bits per heavy atom. The molecule has 2 aromatic heterocycles. The molecule has 0 amide bonds. The van der Waals surface area contributed by atoms with Gasteiger partial charge in [-0.1, -0.05) is 12.1 Å². The number of benzene rings is 1. The molecule has 1 fully saturated rings. The molecule has 6 nitrogen and oxygen atoms in total. The van der Waals surface area contributed by atoms with Gasteiger partial charge in [-0.15, -0.1) is 0 Å². The van der Waals surface area contributed by atoms with Gasteiger partial charge in [0.25, 0.3) is 0 Å². The molecule has 0 bridgehead atoms. The van der Waals surface area contributed by atoms with Crippen LogP contribution in [0.2, 0.25) is 0 Å². The number of pyridine rings is 1. The summed E-state index contributed by atoms with van der Waals surface area (Å²) < 4.78 is 7.24. The van der Waals surface area contributed by atoms with Crippen molar-refractivity contribution in [3.63, 3.8) is 0 Å². The van der Waals surface area contributed by atoms with Gasteiger partial charge < -0.3 is 15.2 Å². The van der Waals surface area contributed by atoms with E-state index in [0.717, 1.165) is 22.4 Å². The lowest BCUT2D eigenvalue weighted by Gasteiger charge is -2.40. The van der Waals surface area contributed by atoms with Crippen molar-refractivity contribution in [3.8, 4) is 6.07 Å². The van der Waals surface area contributed by atoms with Gasteiger partial charge in [0.15, 0.2) is 5.65 Å². The van der Waals surface area contributed by atoms with E-state index in [1.807, 2.05) is 41.7 Å². The van der Waals surface area contributed by atoms with E-state index in [9.17, 15) is 10.4 Å². The molecule has 24 heavy (non-hydrogen) atoms. The smallest absolute Gasteiger partial charge is 0.157 e. The number of fused-ring (bicyclic) bond motifs is 3. The number of rotatable bonds is 4. The maximum Gasteiger partial charge on any atom is 0.157 e. The molecule has 3 heterocycles. The number of aliphatic hydroxyl groups excluding tert-OH is 1. The van der Waals surface area contributed by atoms with E-state index in [4.69, 9.17) is 4.74 Å². The van der Waals surface area contributed by atoms with Gasteiger partial charge in [-0.05, 0) is 30.7 Å². The minimum absolute atomic E-state index is 0.0864. The van der Waals surface area contributed by atoms with Crippen LogP contribution in [0.4, 0.5) is 5.82 Å². The van der Waals surface area contributed by atoms with Crippen molar-refractivity contribution in [1.29, 1.82) is 5.26 Å². The van der Waals surface area contributed by atoms with Crippen molar-refractivity contribution in [2.45, 2.75) is 6.92 Å². The van der Waals surface area contributed by atoms with E-state index < -0.39 is 0 Å². The summed E-state index contributed by atoms with van der Waals surface area (Å²) in [7, 11) is 0. The van der Waals surface area contributed by atoms with E-state index in [1.54, 1.807) is 0 Å². The zero-order valence-electron chi connectivity index (χ0n) is 13.4. The van der Waals surface area contributed by atoms with Gasteiger partial charge in [0.1, 0.15) is 11.9 Å². The summed E-state index contributed by atoms with van der Waals surface area (Å²) in [4.78, 5) is 4.63. The second-order valence-corrected chi connectivity index (χ2v) is 6.46. The molecule has 4 rings (SSSR count). The molecule has 1 aliphatic heterocycles. The summed E-state index contributed by atoms with van der Waals surface area (Å²) in [6.45, 7) is 3.72. The Hall–Kier alpha value is -2.62. The molecule has 1 aliphatic rings. The Labute approximate surface area is 139 Å². The van der Waals surface area contributed by atoms with Crippen LogP contribution >= 0.6 is 0 Å². The number of aromatic nitrogens is 2. The third-order valence-corrected chi connectivity index (χ3v) is 4.68. The van der Waals surface area contributed by atoms with Crippen LogP contribution in [0.25, 0.3) is 16.7 Å². The molecular weight excluding hydrogens is 304 g/mol. The van der Waals surface area contributed by atoms with Gasteiger partial charge in [-0.25, -0.2) is 4.98 Å². The molecular formula is C18H18N4O2. The first-order valence-corrected chi connectivity index (χ1v) is 7.91. The maximum atomic E-state index is 9.61. The third kappa shape index (κ3) is 2.13. The summed E-state index contributed by atoms with van der Waals surface area (Å²) >= 11 is 0. The van der Waals surface area contributed by atoms with Crippen LogP contribution in [0.3, 0.4) is 0 Å². The SMILES string of the molecule is Cc1cc(NCC2(CO)COC2)n2c(nc3ccccc32)c1C#N. The predicted molar refractivity (Wildman–Crippen MR) is 91.0 cm³/mol. The number of ether oxygens (including phenoxy) is 1. The predicted octanol–water partition coefficient (Wildman–Crippen LogP) is 2.09. The van der Waals surface area contributed by atoms with E-state index in [-0.39, 0.29) is 12.0 Å². The zero-order valence-corrected chi connectivity index (χ0v) is 13.4. The van der Waals surface area contributed by atoms with Crippen LogP contribution in [-0.4, -0.2) is 40.9 Å². The first kappa shape index (κ1) is 14.9. The molecule has 122 valence electrons. The average molecular weight is 322 g/mol. The van der Waals surface area contributed by atoms with Gasteiger partial charge in [-0.2, -0.15) is 5.26 Å². The monoisotopic (exact) mass is 322 g/mol. The van der Waals surface area contributed by atoms with Crippen LogP contribution in [0.15, 0.2) is 30.3 Å². The normalized spacial score (nSPS) is 16.0. The molecule has 0 saturated carbocycles. The third-order valence-electron chi connectivity index (χ3n) is 4.68. The highest BCUT2D eigenvalue weighted by Gasteiger charge is 2.38. The number of hydrogen-bond acceptors (Lipinski definition) is 5. The lowest BCUT2D eigenvalue weighted by Crippen LogP contribution is -2.50.